The Kier molecular flexibility index (Phi) is 10.8. The van der Waals surface area contributed by atoms with Crippen molar-refractivity contribution in [3.8, 4) is 0 Å². The van der Waals surface area contributed by atoms with E-state index in [9.17, 15) is 4.79 Å². The van der Waals surface area contributed by atoms with Crippen LogP contribution in [0.15, 0.2) is 4.99 Å². The van der Waals surface area contributed by atoms with Crippen LogP contribution in [0.1, 0.15) is 20.3 Å². The molecule has 20 heavy (non-hydrogen) atoms. The number of carbonyl (C=O) groups is 1. The number of hydrogen-bond acceptors (Lipinski definition) is 3. The Morgan fingerprint density at radius 3 is 2.65 bits per heavy atom. The molecule has 1 heterocycles. The first-order chi connectivity index (χ1) is 9.21. The molecule has 1 saturated heterocycles. The zero-order chi connectivity index (χ0) is 14.1. The van der Waals surface area contributed by atoms with Crippen molar-refractivity contribution in [3.05, 3.63) is 0 Å². The molecular weight excluding hydrogens is 371 g/mol. The predicted molar refractivity (Wildman–Crippen MR) is 91.6 cm³/mol. The molecule has 0 spiro atoms. The summed E-state index contributed by atoms with van der Waals surface area (Å²) in [5.74, 6) is 1.34. The Morgan fingerprint density at radius 1 is 1.35 bits per heavy atom. The minimum atomic E-state index is -0.0365. The highest BCUT2D eigenvalue weighted by atomic mass is 127. The molecule has 1 unspecified atom stereocenters. The van der Waals surface area contributed by atoms with Gasteiger partial charge in [-0.25, -0.2) is 4.99 Å². The van der Waals surface area contributed by atoms with Crippen LogP contribution >= 0.6 is 24.0 Å². The van der Waals surface area contributed by atoms with Crippen LogP contribution in [0, 0.1) is 5.92 Å². The first kappa shape index (κ1) is 19.4. The summed E-state index contributed by atoms with van der Waals surface area (Å²) in [5.41, 5.74) is 0. The summed E-state index contributed by atoms with van der Waals surface area (Å²) in [6.45, 7) is 8.26. The van der Waals surface area contributed by atoms with Crippen molar-refractivity contribution in [2.45, 2.75) is 20.3 Å². The Bertz CT molecular complexity index is 313. The first-order valence-corrected chi connectivity index (χ1v) is 7.00. The maximum Gasteiger partial charge on any atom is 0.241 e. The minimum Gasteiger partial charge on any atom is -0.384 e. The number of likely N-dealkylation sites (N-methyl/N-ethyl adjacent to an activating group) is 1. The van der Waals surface area contributed by atoms with Gasteiger partial charge in [-0.1, -0.05) is 0 Å². The molecule has 1 atom stereocenters. The summed E-state index contributed by atoms with van der Waals surface area (Å²) >= 11 is 0. The molecule has 0 aromatic heterocycles. The Morgan fingerprint density at radius 2 is 2.05 bits per heavy atom. The second kappa shape index (κ2) is 11.1. The van der Waals surface area contributed by atoms with Gasteiger partial charge in [0.25, 0.3) is 0 Å². The maximum atomic E-state index is 11.4. The number of carbonyl (C=O) groups excluding carboxylic acids is 1. The van der Waals surface area contributed by atoms with Gasteiger partial charge in [0.1, 0.15) is 6.54 Å². The van der Waals surface area contributed by atoms with E-state index in [0.717, 1.165) is 38.6 Å². The molecular formula is C13H27IN4O2. The fourth-order valence-corrected chi connectivity index (χ4v) is 2.22. The van der Waals surface area contributed by atoms with E-state index in [1.54, 1.807) is 7.11 Å². The number of rotatable bonds is 6. The smallest absolute Gasteiger partial charge is 0.241 e. The van der Waals surface area contributed by atoms with E-state index in [4.69, 9.17) is 4.74 Å². The number of halogens is 1. The van der Waals surface area contributed by atoms with E-state index in [1.807, 2.05) is 13.8 Å². The van der Waals surface area contributed by atoms with E-state index in [1.165, 1.54) is 0 Å². The summed E-state index contributed by atoms with van der Waals surface area (Å²) < 4.78 is 5.19. The van der Waals surface area contributed by atoms with Crippen molar-refractivity contribution >= 4 is 35.8 Å². The third-order valence-corrected chi connectivity index (χ3v) is 3.07. The molecule has 0 aromatic carbocycles. The van der Waals surface area contributed by atoms with Crippen molar-refractivity contribution in [2.24, 2.45) is 10.9 Å². The fourth-order valence-electron chi connectivity index (χ4n) is 2.22. The van der Waals surface area contributed by atoms with Crippen LogP contribution in [0.2, 0.25) is 0 Å². The number of guanidine groups is 1. The second-order valence-electron chi connectivity index (χ2n) is 4.68. The van der Waals surface area contributed by atoms with E-state index < -0.39 is 0 Å². The molecule has 7 heteroatoms. The van der Waals surface area contributed by atoms with Gasteiger partial charge in [0.05, 0.1) is 6.61 Å². The third kappa shape index (κ3) is 6.74. The van der Waals surface area contributed by atoms with Gasteiger partial charge in [-0.15, -0.1) is 24.0 Å². The number of likely N-dealkylation sites (tertiary alicyclic amines) is 1. The highest BCUT2D eigenvalue weighted by Gasteiger charge is 2.24. The van der Waals surface area contributed by atoms with Crippen molar-refractivity contribution in [1.29, 1.82) is 0 Å². The molecule has 1 amide bonds. The minimum absolute atomic E-state index is 0. The van der Waals surface area contributed by atoms with E-state index in [2.05, 4.69) is 20.5 Å². The van der Waals surface area contributed by atoms with Gasteiger partial charge in [-0.2, -0.15) is 0 Å². The fraction of sp³-hybridized carbons (Fsp3) is 0.846. The maximum absolute atomic E-state index is 11.4. The Hall–Kier alpha value is -0.570. The van der Waals surface area contributed by atoms with Crippen molar-refractivity contribution in [1.82, 2.24) is 15.5 Å². The third-order valence-electron chi connectivity index (χ3n) is 3.07. The van der Waals surface area contributed by atoms with Gasteiger partial charge in [-0.3, -0.25) is 4.79 Å². The lowest BCUT2D eigenvalue weighted by Gasteiger charge is -2.21. The van der Waals surface area contributed by atoms with Gasteiger partial charge in [0.2, 0.25) is 5.91 Å². The topological polar surface area (TPSA) is 66.0 Å². The average Bonchev–Trinajstić information content (AvgIpc) is 2.84. The molecule has 2 N–H and O–H groups in total. The van der Waals surface area contributed by atoms with E-state index in [-0.39, 0.29) is 36.4 Å². The number of nitrogens with zero attached hydrogens (tertiary/aromatic N) is 2. The zero-order valence-electron chi connectivity index (χ0n) is 12.6. The molecule has 118 valence electrons. The SMILES string of the molecule is CCNC(=O)CN=C(NCC)N1CCC(COC)C1.I. The molecule has 0 radical (unpaired) electrons. The monoisotopic (exact) mass is 398 g/mol. The van der Waals surface area contributed by atoms with Crippen LogP contribution in [-0.2, 0) is 9.53 Å². The second-order valence-corrected chi connectivity index (χ2v) is 4.68. The van der Waals surface area contributed by atoms with E-state index >= 15 is 0 Å². The quantitative estimate of drug-likeness (QED) is 0.392. The summed E-state index contributed by atoms with van der Waals surface area (Å²) in [5, 5.41) is 5.99. The van der Waals surface area contributed by atoms with Crippen molar-refractivity contribution < 1.29 is 9.53 Å². The summed E-state index contributed by atoms with van der Waals surface area (Å²) in [6, 6.07) is 0. The van der Waals surface area contributed by atoms with Gasteiger partial charge >= 0.3 is 0 Å². The lowest BCUT2D eigenvalue weighted by molar-refractivity contribution is -0.119. The largest absolute Gasteiger partial charge is 0.384 e. The van der Waals surface area contributed by atoms with Crippen LogP contribution in [0.25, 0.3) is 0 Å². The van der Waals surface area contributed by atoms with Gasteiger partial charge in [0.15, 0.2) is 5.96 Å². The Labute approximate surface area is 138 Å². The molecule has 0 saturated carbocycles. The van der Waals surface area contributed by atoms with Crippen molar-refractivity contribution in [2.75, 3.05) is 46.4 Å². The van der Waals surface area contributed by atoms with Gasteiger partial charge in [0, 0.05) is 39.2 Å². The highest BCUT2D eigenvalue weighted by molar-refractivity contribution is 14.0. The molecule has 0 bridgehead atoms. The first-order valence-electron chi connectivity index (χ1n) is 7.00. The predicted octanol–water partition coefficient (Wildman–Crippen LogP) is 0.674. The molecule has 1 fully saturated rings. The van der Waals surface area contributed by atoms with Crippen LogP contribution in [-0.4, -0.2) is 63.2 Å². The molecule has 1 aliphatic rings. The Balaban J connectivity index is 0.00000361. The number of hydrogen-bond donors (Lipinski definition) is 2. The van der Waals surface area contributed by atoms with Gasteiger partial charge in [-0.05, 0) is 20.3 Å². The summed E-state index contributed by atoms with van der Waals surface area (Å²) in [4.78, 5) is 18.0. The van der Waals surface area contributed by atoms with E-state index in [0.29, 0.717) is 12.5 Å². The van der Waals surface area contributed by atoms with Gasteiger partial charge < -0.3 is 20.3 Å². The zero-order valence-corrected chi connectivity index (χ0v) is 15.0. The number of nitrogens with one attached hydrogen (secondary N) is 2. The highest BCUT2D eigenvalue weighted by Crippen LogP contribution is 2.16. The van der Waals surface area contributed by atoms with Crippen LogP contribution in [0.3, 0.4) is 0 Å². The lowest BCUT2D eigenvalue weighted by atomic mass is 10.1. The normalized spacial score (nSPS) is 18.6. The number of methoxy groups -OCH3 is 1. The molecule has 1 aliphatic heterocycles. The molecule has 0 aliphatic carbocycles. The average molecular weight is 398 g/mol. The molecule has 0 aromatic rings. The molecule has 1 rings (SSSR count). The van der Waals surface area contributed by atoms with Crippen LogP contribution in [0.5, 0.6) is 0 Å². The van der Waals surface area contributed by atoms with Crippen molar-refractivity contribution in [3.63, 3.8) is 0 Å². The standard InChI is InChI=1S/C13H26N4O2.HI/c1-4-14-12(18)8-16-13(15-5-2)17-7-6-11(9-17)10-19-3;/h11H,4-10H2,1-3H3,(H,14,18)(H,15,16);1H. The van der Waals surface area contributed by atoms with Crippen LogP contribution in [0.4, 0.5) is 0 Å². The summed E-state index contributed by atoms with van der Waals surface area (Å²) in [6.07, 6.45) is 1.11. The number of ether oxygens (including phenoxy) is 1. The summed E-state index contributed by atoms with van der Waals surface area (Å²) in [7, 11) is 1.73. The molecule has 6 nitrogen and oxygen atoms in total. The lowest BCUT2D eigenvalue weighted by Crippen LogP contribution is -2.41. The number of amides is 1. The van der Waals surface area contributed by atoms with Crippen LogP contribution < -0.4 is 10.6 Å². The number of aliphatic imine (C=N–C) groups is 1.